The first-order valence-electron chi connectivity index (χ1n) is 4.20. The summed E-state index contributed by atoms with van der Waals surface area (Å²) in [6.07, 6.45) is 0.539. The Labute approximate surface area is 77.7 Å². The summed E-state index contributed by atoms with van der Waals surface area (Å²) >= 11 is 0. The predicted octanol–water partition coefficient (Wildman–Crippen LogP) is 2.25. The quantitative estimate of drug-likeness (QED) is 0.569. The Kier molecular flexibility index (Phi) is 3.46. The molecule has 13 heavy (non-hydrogen) atoms. The van der Waals surface area contributed by atoms with E-state index < -0.39 is 0 Å². The molecule has 0 aliphatic rings. The van der Waals surface area contributed by atoms with E-state index >= 15 is 0 Å². The first-order chi connectivity index (χ1) is 6.27. The number of anilines is 1. The minimum absolute atomic E-state index is 0.156. The Hall–Kier alpha value is -1.35. The molecule has 0 unspecified atom stereocenters. The standard InChI is InChI=1S/C10H13NO2/c1-3-10(12)8-4-6-9(7-5-8)11-13-2/h4-7,11H,3H2,1-2H3. The van der Waals surface area contributed by atoms with Crippen molar-refractivity contribution >= 4 is 11.5 Å². The lowest BCUT2D eigenvalue weighted by Crippen LogP contribution is -1.98. The van der Waals surface area contributed by atoms with E-state index in [1.807, 2.05) is 19.1 Å². The summed E-state index contributed by atoms with van der Waals surface area (Å²) in [5.41, 5.74) is 4.26. The van der Waals surface area contributed by atoms with Gasteiger partial charge in [0.15, 0.2) is 5.78 Å². The molecule has 0 radical (unpaired) electrons. The molecule has 3 nitrogen and oxygen atoms in total. The van der Waals surface area contributed by atoms with Crippen LogP contribution in [-0.2, 0) is 4.84 Å². The molecule has 1 aromatic carbocycles. The molecule has 0 aromatic heterocycles. The van der Waals surface area contributed by atoms with E-state index in [4.69, 9.17) is 4.84 Å². The number of hydrogen-bond donors (Lipinski definition) is 1. The molecule has 0 fully saturated rings. The third-order valence-corrected chi connectivity index (χ3v) is 1.75. The predicted molar refractivity (Wildman–Crippen MR) is 51.7 cm³/mol. The van der Waals surface area contributed by atoms with E-state index in [9.17, 15) is 4.79 Å². The Morgan fingerprint density at radius 1 is 1.38 bits per heavy atom. The number of rotatable bonds is 4. The number of carbonyl (C=O) groups is 1. The third-order valence-electron chi connectivity index (χ3n) is 1.75. The normalized spacial score (nSPS) is 9.69. The lowest BCUT2D eigenvalue weighted by Gasteiger charge is -2.03. The summed E-state index contributed by atoms with van der Waals surface area (Å²) in [4.78, 5) is 16.0. The van der Waals surface area contributed by atoms with Gasteiger partial charge in [-0.1, -0.05) is 6.92 Å². The van der Waals surface area contributed by atoms with Gasteiger partial charge in [0, 0.05) is 12.0 Å². The van der Waals surface area contributed by atoms with Crippen LogP contribution in [0, 0.1) is 0 Å². The zero-order valence-corrected chi connectivity index (χ0v) is 7.83. The van der Waals surface area contributed by atoms with Gasteiger partial charge in [0.05, 0.1) is 12.8 Å². The molecule has 0 atom stereocenters. The van der Waals surface area contributed by atoms with Crippen molar-refractivity contribution in [2.75, 3.05) is 12.6 Å². The van der Waals surface area contributed by atoms with Gasteiger partial charge in [0.2, 0.25) is 0 Å². The maximum atomic E-state index is 11.2. The van der Waals surface area contributed by atoms with Crippen LogP contribution in [-0.4, -0.2) is 12.9 Å². The summed E-state index contributed by atoms with van der Waals surface area (Å²) in [5.74, 6) is 0.156. The fraction of sp³-hybridized carbons (Fsp3) is 0.300. The molecular weight excluding hydrogens is 166 g/mol. The van der Waals surface area contributed by atoms with E-state index in [1.54, 1.807) is 19.2 Å². The maximum Gasteiger partial charge on any atom is 0.162 e. The van der Waals surface area contributed by atoms with Crippen LogP contribution in [0.1, 0.15) is 23.7 Å². The second-order valence-electron chi connectivity index (χ2n) is 2.66. The molecule has 0 bridgehead atoms. The van der Waals surface area contributed by atoms with Crippen molar-refractivity contribution in [2.24, 2.45) is 0 Å². The van der Waals surface area contributed by atoms with Gasteiger partial charge in [-0.25, -0.2) is 0 Å². The molecule has 70 valence electrons. The first kappa shape index (κ1) is 9.74. The molecule has 0 spiro atoms. The topological polar surface area (TPSA) is 38.3 Å². The Morgan fingerprint density at radius 2 is 2.00 bits per heavy atom. The van der Waals surface area contributed by atoms with Crippen molar-refractivity contribution in [1.29, 1.82) is 0 Å². The molecule has 0 heterocycles. The van der Waals surface area contributed by atoms with Crippen LogP contribution in [0.4, 0.5) is 5.69 Å². The maximum absolute atomic E-state index is 11.2. The molecular formula is C10H13NO2. The average Bonchev–Trinajstić information content (AvgIpc) is 2.18. The SMILES string of the molecule is CCC(=O)c1ccc(NOC)cc1. The summed E-state index contributed by atoms with van der Waals surface area (Å²) in [7, 11) is 1.55. The van der Waals surface area contributed by atoms with Crippen molar-refractivity contribution in [1.82, 2.24) is 0 Å². The first-order valence-corrected chi connectivity index (χ1v) is 4.20. The Bertz CT molecular complexity index is 279. The highest BCUT2D eigenvalue weighted by Crippen LogP contribution is 2.10. The zero-order valence-electron chi connectivity index (χ0n) is 7.83. The van der Waals surface area contributed by atoms with Crippen molar-refractivity contribution in [3.8, 4) is 0 Å². The van der Waals surface area contributed by atoms with E-state index in [0.717, 1.165) is 11.3 Å². The number of nitrogens with one attached hydrogen (secondary N) is 1. The number of hydrogen-bond acceptors (Lipinski definition) is 3. The molecule has 0 saturated carbocycles. The van der Waals surface area contributed by atoms with Crippen molar-refractivity contribution < 1.29 is 9.63 Å². The highest BCUT2D eigenvalue weighted by molar-refractivity contribution is 5.96. The van der Waals surface area contributed by atoms with Crippen LogP contribution in [0.5, 0.6) is 0 Å². The molecule has 1 aromatic rings. The summed E-state index contributed by atoms with van der Waals surface area (Å²) < 4.78 is 0. The van der Waals surface area contributed by atoms with Crippen LogP contribution in [0.15, 0.2) is 24.3 Å². The number of Topliss-reactive ketones (excluding diaryl/α,β-unsaturated/α-hetero) is 1. The lowest BCUT2D eigenvalue weighted by atomic mass is 10.1. The second kappa shape index (κ2) is 4.62. The molecule has 0 aliphatic heterocycles. The average molecular weight is 179 g/mol. The molecule has 0 aliphatic carbocycles. The van der Waals surface area contributed by atoms with E-state index in [0.29, 0.717) is 6.42 Å². The Balaban J connectivity index is 2.75. The van der Waals surface area contributed by atoms with Crippen LogP contribution >= 0.6 is 0 Å². The van der Waals surface area contributed by atoms with Crippen LogP contribution in [0.25, 0.3) is 0 Å². The van der Waals surface area contributed by atoms with E-state index in [2.05, 4.69) is 5.48 Å². The summed E-state index contributed by atoms with van der Waals surface area (Å²) in [5, 5.41) is 0. The molecule has 0 saturated heterocycles. The largest absolute Gasteiger partial charge is 0.294 e. The monoisotopic (exact) mass is 179 g/mol. The van der Waals surface area contributed by atoms with Crippen LogP contribution in [0.2, 0.25) is 0 Å². The molecule has 3 heteroatoms. The van der Waals surface area contributed by atoms with Crippen molar-refractivity contribution in [2.45, 2.75) is 13.3 Å². The number of ketones is 1. The van der Waals surface area contributed by atoms with Crippen LogP contribution in [0.3, 0.4) is 0 Å². The van der Waals surface area contributed by atoms with Gasteiger partial charge in [0.1, 0.15) is 0 Å². The lowest BCUT2D eigenvalue weighted by molar-refractivity contribution is 0.0988. The van der Waals surface area contributed by atoms with Gasteiger partial charge in [0.25, 0.3) is 0 Å². The highest BCUT2D eigenvalue weighted by atomic mass is 16.6. The van der Waals surface area contributed by atoms with Gasteiger partial charge >= 0.3 is 0 Å². The van der Waals surface area contributed by atoms with Gasteiger partial charge in [-0.05, 0) is 24.3 Å². The highest BCUT2D eigenvalue weighted by Gasteiger charge is 2.01. The van der Waals surface area contributed by atoms with Crippen LogP contribution < -0.4 is 5.48 Å². The third kappa shape index (κ3) is 2.56. The van der Waals surface area contributed by atoms with Gasteiger partial charge in [-0.15, -0.1) is 0 Å². The van der Waals surface area contributed by atoms with E-state index in [-0.39, 0.29) is 5.78 Å². The van der Waals surface area contributed by atoms with Gasteiger partial charge in [-0.2, -0.15) is 0 Å². The zero-order chi connectivity index (χ0) is 9.68. The van der Waals surface area contributed by atoms with Gasteiger partial charge in [-0.3, -0.25) is 15.1 Å². The Morgan fingerprint density at radius 3 is 2.46 bits per heavy atom. The van der Waals surface area contributed by atoms with Crippen molar-refractivity contribution in [3.05, 3.63) is 29.8 Å². The van der Waals surface area contributed by atoms with E-state index in [1.165, 1.54) is 0 Å². The molecule has 0 amide bonds. The fourth-order valence-electron chi connectivity index (χ4n) is 1.05. The fourth-order valence-corrected chi connectivity index (χ4v) is 1.05. The number of carbonyl (C=O) groups excluding carboxylic acids is 1. The summed E-state index contributed by atoms with van der Waals surface area (Å²) in [6.45, 7) is 1.85. The van der Waals surface area contributed by atoms with Gasteiger partial charge < -0.3 is 0 Å². The minimum atomic E-state index is 0.156. The van der Waals surface area contributed by atoms with Crippen molar-refractivity contribution in [3.63, 3.8) is 0 Å². The number of benzene rings is 1. The molecule has 1 rings (SSSR count). The second-order valence-corrected chi connectivity index (χ2v) is 2.66. The smallest absolute Gasteiger partial charge is 0.162 e. The minimum Gasteiger partial charge on any atom is -0.294 e. The summed E-state index contributed by atoms with van der Waals surface area (Å²) in [6, 6.07) is 7.19. The molecule has 1 N–H and O–H groups in total.